The zero-order valence-corrected chi connectivity index (χ0v) is 18.2. The normalized spacial score (nSPS) is 22.5. The topological polar surface area (TPSA) is 105 Å². The van der Waals surface area contributed by atoms with Crippen LogP contribution in [0.2, 0.25) is 0 Å². The number of nitrogens with one attached hydrogen (secondary N) is 2. The van der Waals surface area contributed by atoms with E-state index in [9.17, 15) is 0 Å². The van der Waals surface area contributed by atoms with E-state index in [1.165, 1.54) is 12.8 Å². The van der Waals surface area contributed by atoms with E-state index in [1.807, 2.05) is 12.1 Å². The average molecular weight is 434 g/mol. The molecule has 0 spiro atoms. The highest BCUT2D eigenvalue weighted by atomic mass is 16.5. The number of benzene rings is 1. The van der Waals surface area contributed by atoms with Crippen LogP contribution in [0.15, 0.2) is 28.9 Å². The van der Waals surface area contributed by atoms with Gasteiger partial charge in [-0.3, -0.25) is 4.90 Å². The molecule has 1 saturated heterocycles. The van der Waals surface area contributed by atoms with Crippen LogP contribution in [0.4, 0.5) is 5.82 Å². The molecule has 32 heavy (non-hydrogen) atoms. The second-order valence-electron chi connectivity index (χ2n) is 8.76. The van der Waals surface area contributed by atoms with Gasteiger partial charge >= 0.3 is 0 Å². The highest BCUT2D eigenvalue weighted by molar-refractivity contribution is 6.12. The molecule has 0 bridgehead atoms. The lowest BCUT2D eigenvalue weighted by Gasteiger charge is -2.39. The van der Waals surface area contributed by atoms with Crippen molar-refractivity contribution in [3.05, 3.63) is 30.4 Å². The maximum absolute atomic E-state index is 5.63. The molecule has 1 saturated carbocycles. The minimum Gasteiger partial charge on any atom is -0.421 e. The number of rotatable bonds is 4. The van der Waals surface area contributed by atoms with Crippen LogP contribution in [0.3, 0.4) is 0 Å². The van der Waals surface area contributed by atoms with Gasteiger partial charge in [0.15, 0.2) is 0 Å². The lowest BCUT2D eigenvalue weighted by atomic mass is 9.90. The van der Waals surface area contributed by atoms with Gasteiger partial charge in [0.1, 0.15) is 17.8 Å². The molecule has 1 aliphatic heterocycles. The predicted molar refractivity (Wildman–Crippen MR) is 121 cm³/mol. The van der Waals surface area contributed by atoms with Crippen molar-refractivity contribution in [2.45, 2.75) is 44.7 Å². The largest absolute Gasteiger partial charge is 0.421 e. The quantitative estimate of drug-likeness (QED) is 0.504. The third-order valence-corrected chi connectivity index (χ3v) is 6.76. The van der Waals surface area contributed by atoms with Crippen LogP contribution in [0.1, 0.15) is 31.6 Å². The first-order chi connectivity index (χ1) is 15.7. The molecule has 3 aromatic heterocycles. The molecule has 9 nitrogen and oxygen atoms in total. The third-order valence-electron chi connectivity index (χ3n) is 6.76. The molecule has 2 aliphatic rings. The highest BCUT2D eigenvalue weighted by Crippen LogP contribution is 2.34. The molecular formula is C23H27N7O2. The van der Waals surface area contributed by atoms with Gasteiger partial charge in [0.2, 0.25) is 11.8 Å². The van der Waals surface area contributed by atoms with E-state index in [0.717, 1.165) is 72.5 Å². The molecule has 0 amide bonds. The lowest BCUT2D eigenvalue weighted by molar-refractivity contribution is 0.00791. The molecule has 2 N–H and O–H groups in total. The van der Waals surface area contributed by atoms with Crippen molar-refractivity contribution in [2.24, 2.45) is 0 Å². The van der Waals surface area contributed by atoms with Crippen molar-refractivity contribution in [2.75, 3.05) is 31.6 Å². The van der Waals surface area contributed by atoms with E-state index in [1.54, 1.807) is 13.3 Å². The van der Waals surface area contributed by atoms with Gasteiger partial charge in [-0.05, 0) is 43.9 Å². The van der Waals surface area contributed by atoms with Crippen molar-refractivity contribution in [3.63, 3.8) is 0 Å². The Bertz CT molecular complexity index is 1240. The molecule has 0 radical (unpaired) electrons. The lowest BCUT2D eigenvalue weighted by Crippen LogP contribution is -2.46. The Morgan fingerprint density at radius 2 is 1.91 bits per heavy atom. The van der Waals surface area contributed by atoms with E-state index in [-0.39, 0.29) is 0 Å². The van der Waals surface area contributed by atoms with E-state index >= 15 is 0 Å². The summed E-state index contributed by atoms with van der Waals surface area (Å²) in [6.45, 7) is 5.65. The Kier molecular flexibility index (Phi) is 4.99. The van der Waals surface area contributed by atoms with E-state index < -0.39 is 0 Å². The molecule has 1 aromatic carbocycles. The summed E-state index contributed by atoms with van der Waals surface area (Å²) in [5, 5.41) is 13.9. The Morgan fingerprint density at radius 3 is 2.69 bits per heavy atom. The summed E-state index contributed by atoms with van der Waals surface area (Å²) in [5.74, 6) is 1.96. The number of hydrogen-bond acceptors (Lipinski definition) is 8. The molecule has 1 aliphatic carbocycles. The van der Waals surface area contributed by atoms with E-state index in [2.05, 4.69) is 41.4 Å². The van der Waals surface area contributed by atoms with Gasteiger partial charge in [-0.1, -0.05) is 0 Å². The van der Waals surface area contributed by atoms with Crippen molar-refractivity contribution < 1.29 is 9.15 Å². The second-order valence-corrected chi connectivity index (χ2v) is 8.76. The molecule has 9 heteroatoms. The first kappa shape index (κ1) is 19.6. The number of H-pyrrole nitrogens is 1. The minimum absolute atomic E-state index is 0.414. The van der Waals surface area contributed by atoms with Crippen LogP contribution in [0.5, 0.6) is 0 Å². The average Bonchev–Trinajstić information content (AvgIpc) is 3.43. The number of aromatic nitrogens is 5. The zero-order valence-electron chi connectivity index (χ0n) is 18.2. The SMILES string of the molecule is Cc1nnc(-c2ccc3[nH]c4ncnc(N[C@H]5CC[C@H](N6CCOCC6)CC5)c4c3c2)o1. The Labute approximate surface area is 185 Å². The van der Waals surface area contributed by atoms with Crippen LogP contribution in [0.25, 0.3) is 33.4 Å². The van der Waals surface area contributed by atoms with E-state index in [4.69, 9.17) is 9.15 Å². The molecule has 2 fully saturated rings. The summed E-state index contributed by atoms with van der Waals surface area (Å²) in [7, 11) is 0. The first-order valence-electron chi connectivity index (χ1n) is 11.4. The highest BCUT2D eigenvalue weighted by Gasteiger charge is 2.27. The fourth-order valence-corrected chi connectivity index (χ4v) is 5.10. The van der Waals surface area contributed by atoms with Gasteiger partial charge in [-0.15, -0.1) is 10.2 Å². The van der Waals surface area contributed by atoms with Gasteiger partial charge in [0, 0.05) is 48.6 Å². The van der Waals surface area contributed by atoms with Gasteiger partial charge in [0.25, 0.3) is 0 Å². The fourth-order valence-electron chi connectivity index (χ4n) is 5.10. The van der Waals surface area contributed by atoms with Crippen LogP contribution in [0, 0.1) is 6.92 Å². The van der Waals surface area contributed by atoms with Gasteiger partial charge in [-0.2, -0.15) is 0 Å². The third kappa shape index (κ3) is 3.61. The molecule has 166 valence electrons. The van der Waals surface area contributed by atoms with Crippen LogP contribution in [-0.2, 0) is 4.74 Å². The summed E-state index contributed by atoms with van der Waals surface area (Å²) in [4.78, 5) is 15.1. The zero-order chi connectivity index (χ0) is 21.5. The molecule has 4 aromatic rings. The first-order valence-corrected chi connectivity index (χ1v) is 11.4. The van der Waals surface area contributed by atoms with Crippen molar-refractivity contribution in [1.82, 2.24) is 30.0 Å². The summed E-state index contributed by atoms with van der Waals surface area (Å²) in [5.41, 5.74) is 2.73. The van der Waals surface area contributed by atoms with Crippen molar-refractivity contribution in [1.29, 1.82) is 0 Å². The van der Waals surface area contributed by atoms with E-state index in [0.29, 0.717) is 23.9 Å². The maximum atomic E-state index is 5.63. The summed E-state index contributed by atoms with van der Waals surface area (Å²) < 4.78 is 11.1. The summed E-state index contributed by atoms with van der Waals surface area (Å²) in [6, 6.07) is 7.18. The molecule has 6 rings (SSSR count). The number of morpholine rings is 1. The molecule has 0 unspecified atom stereocenters. The number of anilines is 1. The number of aromatic amines is 1. The summed E-state index contributed by atoms with van der Waals surface area (Å²) in [6.07, 6.45) is 6.33. The number of hydrogen-bond donors (Lipinski definition) is 2. The van der Waals surface area contributed by atoms with Crippen LogP contribution >= 0.6 is 0 Å². The Balaban J connectivity index is 1.26. The van der Waals surface area contributed by atoms with Crippen LogP contribution in [-0.4, -0.2) is 68.4 Å². The van der Waals surface area contributed by atoms with Gasteiger partial charge < -0.3 is 19.5 Å². The van der Waals surface area contributed by atoms with Gasteiger partial charge in [-0.25, -0.2) is 9.97 Å². The number of nitrogens with zero attached hydrogens (tertiary/aromatic N) is 5. The number of ether oxygens (including phenoxy) is 1. The minimum atomic E-state index is 0.414. The number of aryl methyl sites for hydroxylation is 1. The Hall–Kier alpha value is -3.04. The second kappa shape index (κ2) is 8.14. The molecule has 4 heterocycles. The molecule has 0 atom stereocenters. The fraction of sp³-hybridized carbons (Fsp3) is 0.478. The summed E-state index contributed by atoms with van der Waals surface area (Å²) >= 11 is 0. The monoisotopic (exact) mass is 433 g/mol. The predicted octanol–water partition coefficient (Wildman–Crippen LogP) is 3.52. The molecular weight excluding hydrogens is 406 g/mol. The van der Waals surface area contributed by atoms with Gasteiger partial charge in [0.05, 0.1) is 18.6 Å². The smallest absolute Gasteiger partial charge is 0.247 e. The number of fused-ring (bicyclic) bond motifs is 3. The Morgan fingerprint density at radius 1 is 1.06 bits per heavy atom. The standard InChI is InChI=1S/C23H27N7O2/c1-14-28-29-23(32-14)15-2-7-19-18(12-15)20-21(24-13-25-22(20)27-19)26-16-3-5-17(6-4-16)30-8-10-31-11-9-30/h2,7,12-13,16-17H,3-6,8-11H2,1H3,(H2,24,25,26,27)/t16-,17-. The van der Waals surface area contributed by atoms with Crippen molar-refractivity contribution >= 4 is 27.8 Å². The van der Waals surface area contributed by atoms with Crippen molar-refractivity contribution in [3.8, 4) is 11.5 Å². The maximum Gasteiger partial charge on any atom is 0.247 e. The van der Waals surface area contributed by atoms with Crippen LogP contribution < -0.4 is 5.32 Å².